The molecule has 154 valence electrons. The van der Waals surface area contributed by atoms with Gasteiger partial charge in [0.2, 0.25) is 5.91 Å². The number of amides is 1. The number of rotatable bonds is 8. The van der Waals surface area contributed by atoms with Crippen molar-refractivity contribution in [2.75, 3.05) is 25.6 Å². The molecule has 1 aromatic carbocycles. The van der Waals surface area contributed by atoms with Gasteiger partial charge in [-0.2, -0.15) is 8.78 Å². The van der Waals surface area contributed by atoms with Crippen LogP contribution in [-0.4, -0.2) is 55.7 Å². The molecule has 0 radical (unpaired) electrons. The van der Waals surface area contributed by atoms with Gasteiger partial charge in [-0.25, -0.2) is 4.79 Å². The molecule has 0 aromatic heterocycles. The number of ether oxygens (including phenoxy) is 3. The highest BCUT2D eigenvalue weighted by Crippen LogP contribution is 2.36. The summed E-state index contributed by atoms with van der Waals surface area (Å²) in [5, 5.41) is 3.23. The molecular weight excluding hydrogens is 374 g/mol. The van der Waals surface area contributed by atoms with Crippen LogP contribution in [0.15, 0.2) is 18.2 Å². The molecule has 2 aliphatic rings. The maximum atomic E-state index is 12.6. The molecule has 0 bridgehead atoms. The van der Waals surface area contributed by atoms with E-state index in [1.54, 1.807) is 12.1 Å². The van der Waals surface area contributed by atoms with E-state index in [1.165, 1.54) is 25.0 Å². The number of benzene rings is 1. The molecule has 0 spiro atoms. The Hall–Kier alpha value is -2.58. The molecule has 7 nitrogen and oxygen atoms in total. The highest BCUT2D eigenvalue weighted by Gasteiger charge is 2.39. The Labute approximate surface area is 161 Å². The summed E-state index contributed by atoms with van der Waals surface area (Å²) in [5.74, 6) is -0.00757. The van der Waals surface area contributed by atoms with Crippen molar-refractivity contribution in [3.63, 3.8) is 0 Å². The standard InChI is InChI=1S/C19H24F2N2O5/c1-11(24)23-9-14(7-15(23)18(25)26-2)22-13-5-6-16(28-19(20)21)17(8-13)27-10-12-3-4-12/h5-6,8,12,14-15,19,22H,3-4,7,9-10H2,1-2H3/t14-,15-/m1/s1. The van der Waals surface area contributed by atoms with Gasteiger partial charge in [0, 0.05) is 37.7 Å². The maximum Gasteiger partial charge on any atom is 0.387 e. The minimum atomic E-state index is -2.94. The van der Waals surface area contributed by atoms with Crippen LogP contribution >= 0.6 is 0 Å². The number of halogens is 2. The third-order valence-corrected chi connectivity index (χ3v) is 4.88. The van der Waals surface area contributed by atoms with Crippen LogP contribution in [0.5, 0.6) is 11.5 Å². The first-order chi connectivity index (χ1) is 13.4. The number of nitrogens with zero attached hydrogens (tertiary/aromatic N) is 1. The average molecular weight is 398 g/mol. The lowest BCUT2D eigenvalue weighted by Crippen LogP contribution is -2.40. The topological polar surface area (TPSA) is 77.1 Å². The molecule has 3 rings (SSSR count). The normalized spacial score (nSPS) is 21.5. The van der Waals surface area contributed by atoms with Crippen LogP contribution in [0.3, 0.4) is 0 Å². The van der Waals surface area contributed by atoms with Crippen LogP contribution in [0, 0.1) is 5.92 Å². The number of nitrogens with one attached hydrogen (secondary N) is 1. The Bertz CT molecular complexity index is 726. The lowest BCUT2D eigenvalue weighted by Gasteiger charge is -2.20. The Morgan fingerprint density at radius 3 is 2.64 bits per heavy atom. The predicted octanol–water partition coefficient (Wildman–Crippen LogP) is 2.65. The molecule has 1 aliphatic carbocycles. The van der Waals surface area contributed by atoms with Gasteiger partial charge < -0.3 is 24.4 Å². The number of hydrogen-bond acceptors (Lipinski definition) is 6. The molecule has 1 aromatic rings. The van der Waals surface area contributed by atoms with Crippen molar-refractivity contribution in [3.05, 3.63) is 18.2 Å². The summed E-state index contributed by atoms with van der Waals surface area (Å²) in [7, 11) is 1.28. The van der Waals surface area contributed by atoms with Gasteiger partial charge in [-0.15, -0.1) is 0 Å². The Balaban J connectivity index is 1.71. The molecule has 1 amide bonds. The van der Waals surface area contributed by atoms with E-state index in [4.69, 9.17) is 9.47 Å². The van der Waals surface area contributed by atoms with Gasteiger partial charge in [0.05, 0.1) is 13.7 Å². The van der Waals surface area contributed by atoms with E-state index in [0.29, 0.717) is 31.2 Å². The zero-order valence-corrected chi connectivity index (χ0v) is 15.8. The Kier molecular flexibility index (Phi) is 6.21. The summed E-state index contributed by atoms with van der Waals surface area (Å²) < 4.78 is 40.2. The molecule has 1 N–H and O–H groups in total. The third kappa shape index (κ3) is 5.02. The molecule has 1 aliphatic heterocycles. The SMILES string of the molecule is COC(=O)[C@H]1C[C@@H](Nc2ccc(OC(F)F)c(OCC3CC3)c2)CN1C(C)=O. The van der Waals surface area contributed by atoms with Crippen LogP contribution < -0.4 is 14.8 Å². The van der Waals surface area contributed by atoms with Crippen molar-refractivity contribution < 1.29 is 32.6 Å². The van der Waals surface area contributed by atoms with Crippen molar-refractivity contribution in [3.8, 4) is 11.5 Å². The second-order valence-corrected chi connectivity index (χ2v) is 7.08. The third-order valence-electron chi connectivity index (χ3n) is 4.88. The number of hydrogen-bond donors (Lipinski definition) is 1. The van der Waals surface area contributed by atoms with Gasteiger partial charge >= 0.3 is 12.6 Å². The zero-order chi connectivity index (χ0) is 20.3. The number of methoxy groups -OCH3 is 1. The maximum absolute atomic E-state index is 12.6. The van der Waals surface area contributed by atoms with Gasteiger partial charge in [-0.3, -0.25) is 4.79 Å². The monoisotopic (exact) mass is 398 g/mol. The minimum absolute atomic E-state index is 0.0228. The molecule has 0 unspecified atom stereocenters. The summed E-state index contributed by atoms with van der Waals surface area (Å²) in [6, 6.07) is 3.79. The minimum Gasteiger partial charge on any atom is -0.489 e. The molecule has 1 saturated heterocycles. The molecule has 1 heterocycles. The predicted molar refractivity (Wildman–Crippen MR) is 96.5 cm³/mol. The first kappa shape index (κ1) is 20.2. The molecule has 2 fully saturated rings. The van der Waals surface area contributed by atoms with Crippen molar-refractivity contribution >= 4 is 17.6 Å². The van der Waals surface area contributed by atoms with Gasteiger partial charge in [-0.1, -0.05) is 0 Å². The number of likely N-dealkylation sites (tertiary alicyclic amines) is 1. The van der Waals surface area contributed by atoms with Crippen LogP contribution in [0.2, 0.25) is 0 Å². The first-order valence-electron chi connectivity index (χ1n) is 9.20. The van der Waals surface area contributed by atoms with Gasteiger partial charge in [0.25, 0.3) is 0 Å². The average Bonchev–Trinajstić information content (AvgIpc) is 3.38. The lowest BCUT2D eigenvalue weighted by molar-refractivity contribution is -0.150. The lowest BCUT2D eigenvalue weighted by atomic mass is 10.1. The van der Waals surface area contributed by atoms with Crippen molar-refractivity contribution in [1.29, 1.82) is 0 Å². The van der Waals surface area contributed by atoms with Gasteiger partial charge in [-0.05, 0) is 30.9 Å². The Morgan fingerprint density at radius 1 is 1.29 bits per heavy atom. The van der Waals surface area contributed by atoms with E-state index in [-0.39, 0.29) is 23.4 Å². The summed E-state index contributed by atoms with van der Waals surface area (Å²) >= 11 is 0. The van der Waals surface area contributed by atoms with E-state index in [0.717, 1.165) is 12.8 Å². The van der Waals surface area contributed by atoms with E-state index in [1.807, 2.05) is 0 Å². The van der Waals surface area contributed by atoms with Crippen molar-refractivity contribution in [1.82, 2.24) is 4.90 Å². The van der Waals surface area contributed by atoms with E-state index < -0.39 is 18.6 Å². The second kappa shape index (κ2) is 8.62. The van der Waals surface area contributed by atoms with E-state index in [9.17, 15) is 18.4 Å². The van der Waals surface area contributed by atoms with Crippen molar-refractivity contribution in [2.45, 2.75) is 44.9 Å². The summed E-state index contributed by atoms with van der Waals surface area (Å²) in [5.41, 5.74) is 0.631. The number of alkyl halides is 2. The second-order valence-electron chi connectivity index (χ2n) is 7.08. The number of esters is 1. The van der Waals surface area contributed by atoms with Gasteiger partial charge in [0.15, 0.2) is 11.5 Å². The van der Waals surface area contributed by atoms with Crippen LogP contribution in [0.1, 0.15) is 26.2 Å². The van der Waals surface area contributed by atoms with E-state index >= 15 is 0 Å². The quantitative estimate of drug-likeness (QED) is 0.679. The van der Waals surface area contributed by atoms with Crippen molar-refractivity contribution in [2.24, 2.45) is 5.92 Å². The summed E-state index contributed by atoms with van der Waals surface area (Å²) in [6.07, 6.45) is 2.53. The highest BCUT2D eigenvalue weighted by atomic mass is 19.3. The molecule has 28 heavy (non-hydrogen) atoms. The number of anilines is 1. The fraction of sp³-hybridized carbons (Fsp3) is 0.579. The zero-order valence-electron chi connectivity index (χ0n) is 15.8. The molecule has 1 saturated carbocycles. The molecule has 2 atom stereocenters. The van der Waals surface area contributed by atoms with Crippen LogP contribution in [-0.2, 0) is 14.3 Å². The fourth-order valence-corrected chi connectivity index (χ4v) is 3.28. The van der Waals surface area contributed by atoms with E-state index in [2.05, 4.69) is 10.1 Å². The number of carbonyl (C=O) groups excluding carboxylic acids is 2. The highest BCUT2D eigenvalue weighted by molar-refractivity contribution is 5.84. The molecule has 9 heteroatoms. The number of carbonyl (C=O) groups is 2. The smallest absolute Gasteiger partial charge is 0.387 e. The largest absolute Gasteiger partial charge is 0.489 e. The first-order valence-corrected chi connectivity index (χ1v) is 9.20. The summed E-state index contributed by atoms with van der Waals surface area (Å²) in [4.78, 5) is 25.2. The van der Waals surface area contributed by atoms with Gasteiger partial charge in [0.1, 0.15) is 6.04 Å². The van der Waals surface area contributed by atoms with Crippen LogP contribution in [0.25, 0.3) is 0 Å². The van der Waals surface area contributed by atoms with Crippen LogP contribution in [0.4, 0.5) is 14.5 Å². The fourth-order valence-electron chi connectivity index (χ4n) is 3.28. The molecular formula is C19H24F2N2O5. The summed E-state index contributed by atoms with van der Waals surface area (Å²) in [6.45, 7) is -0.752. The Morgan fingerprint density at radius 2 is 2.04 bits per heavy atom.